The van der Waals surface area contributed by atoms with Crippen molar-refractivity contribution in [1.29, 1.82) is 0 Å². The Hall–Kier alpha value is -1.33. The van der Waals surface area contributed by atoms with Crippen molar-refractivity contribution in [3.05, 3.63) is 18.2 Å². The zero-order chi connectivity index (χ0) is 14.7. The molecule has 1 aromatic heterocycles. The van der Waals surface area contributed by atoms with Gasteiger partial charge in [-0.2, -0.15) is 0 Å². The Morgan fingerprint density at radius 1 is 1.24 bits per heavy atom. The summed E-state index contributed by atoms with van der Waals surface area (Å²) in [6.45, 7) is 4.54. The van der Waals surface area contributed by atoms with Gasteiger partial charge < -0.3 is 14.5 Å². The van der Waals surface area contributed by atoms with Crippen LogP contribution >= 0.6 is 11.3 Å². The molecule has 0 saturated carbocycles. The molecule has 0 radical (unpaired) electrons. The molecule has 21 heavy (non-hydrogen) atoms. The molecule has 1 aliphatic heterocycles. The molecule has 0 amide bonds. The fraction of sp³-hybridized carbons (Fsp3) is 0.562. The maximum Gasteiger partial charge on any atom is 0.185 e. The van der Waals surface area contributed by atoms with Gasteiger partial charge in [-0.25, -0.2) is 4.98 Å². The van der Waals surface area contributed by atoms with Crippen LogP contribution in [-0.4, -0.2) is 45.3 Å². The number of anilines is 1. The highest BCUT2D eigenvalue weighted by Crippen LogP contribution is 2.30. The van der Waals surface area contributed by atoms with E-state index >= 15 is 0 Å². The van der Waals surface area contributed by atoms with E-state index in [-0.39, 0.29) is 0 Å². The van der Waals surface area contributed by atoms with E-state index in [9.17, 15) is 0 Å². The highest BCUT2D eigenvalue weighted by Gasteiger charge is 2.13. The number of benzene rings is 1. The van der Waals surface area contributed by atoms with E-state index in [2.05, 4.69) is 17.1 Å². The number of hydrogen-bond donors (Lipinski definition) is 1. The highest BCUT2D eigenvalue weighted by molar-refractivity contribution is 7.22. The molecule has 0 atom stereocenters. The molecule has 1 aliphatic rings. The molecule has 2 heterocycles. The smallest absolute Gasteiger partial charge is 0.185 e. The van der Waals surface area contributed by atoms with Crippen LogP contribution in [0.15, 0.2) is 18.2 Å². The lowest BCUT2D eigenvalue weighted by molar-refractivity contribution is -0.904. The molecule has 0 spiro atoms. The monoisotopic (exact) mass is 306 g/mol. The number of piperidine rings is 1. The molecule has 4 nitrogen and oxygen atoms in total. The van der Waals surface area contributed by atoms with Gasteiger partial charge in [-0.05, 0) is 37.5 Å². The molecule has 1 N–H and O–H groups in total. The van der Waals surface area contributed by atoms with Gasteiger partial charge in [0.2, 0.25) is 0 Å². The van der Waals surface area contributed by atoms with Gasteiger partial charge >= 0.3 is 0 Å². The SMILES string of the molecule is CN(C)c1nc2ccc(OCC[NH+]3CCCCC3)cc2s1. The van der Waals surface area contributed by atoms with E-state index in [1.165, 1.54) is 37.1 Å². The van der Waals surface area contributed by atoms with E-state index in [1.54, 1.807) is 16.2 Å². The zero-order valence-electron chi connectivity index (χ0n) is 12.9. The van der Waals surface area contributed by atoms with Gasteiger partial charge in [0, 0.05) is 14.1 Å². The summed E-state index contributed by atoms with van der Waals surface area (Å²) in [6.07, 6.45) is 4.14. The lowest BCUT2D eigenvalue weighted by Gasteiger charge is -2.23. The van der Waals surface area contributed by atoms with Crippen molar-refractivity contribution in [3.63, 3.8) is 0 Å². The van der Waals surface area contributed by atoms with Crippen molar-refractivity contribution in [2.24, 2.45) is 0 Å². The van der Waals surface area contributed by atoms with Crippen LogP contribution in [0.4, 0.5) is 5.13 Å². The maximum atomic E-state index is 5.93. The van der Waals surface area contributed by atoms with Crippen LogP contribution in [0.2, 0.25) is 0 Å². The molecular weight excluding hydrogens is 282 g/mol. The van der Waals surface area contributed by atoms with Crippen molar-refractivity contribution in [2.45, 2.75) is 19.3 Å². The van der Waals surface area contributed by atoms with E-state index < -0.39 is 0 Å². The predicted octanol–water partition coefficient (Wildman–Crippen LogP) is 1.81. The normalized spacial score (nSPS) is 16.3. The molecular formula is C16H24N3OS+. The van der Waals surface area contributed by atoms with Crippen LogP contribution in [-0.2, 0) is 0 Å². The minimum absolute atomic E-state index is 0.806. The lowest BCUT2D eigenvalue weighted by Crippen LogP contribution is -3.13. The number of quaternary nitrogens is 1. The number of ether oxygens (including phenoxy) is 1. The molecule has 0 bridgehead atoms. The van der Waals surface area contributed by atoms with Gasteiger partial charge in [-0.1, -0.05) is 11.3 Å². The van der Waals surface area contributed by atoms with Gasteiger partial charge in [-0.15, -0.1) is 0 Å². The van der Waals surface area contributed by atoms with Gasteiger partial charge in [0.25, 0.3) is 0 Å². The summed E-state index contributed by atoms with van der Waals surface area (Å²) in [6, 6.07) is 6.21. The fourth-order valence-corrected chi connectivity index (χ4v) is 3.71. The molecule has 0 unspecified atom stereocenters. The van der Waals surface area contributed by atoms with Crippen LogP contribution in [0.5, 0.6) is 5.75 Å². The third-order valence-electron chi connectivity index (χ3n) is 4.02. The standard InChI is InChI=1S/C16H23N3OS/c1-18(2)16-17-14-7-6-13(12-15(14)21-16)20-11-10-19-8-4-3-5-9-19/h6-7,12H,3-5,8-11H2,1-2H3/p+1. The first-order valence-corrected chi connectivity index (χ1v) is 8.58. The average Bonchev–Trinajstić information content (AvgIpc) is 2.92. The number of nitrogens with one attached hydrogen (secondary N) is 1. The maximum absolute atomic E-state index is 5.93. The second-order valence-electron chi connectivity index (χ2n) is 5.93. The molecule has 114 valence electrons. The van der Waals surface area contributed by atoms with Gasteiger partial charge in [0.1, 0.15) is 18.9 Å². The van der Waals surface area contributed by atoms with Crippen LogP contribution in [0.3, 0.4) is 0 Å². The number of likely N-dealkylation sites (tertiary alicyclic amines) is 1. The van der Waals surface area contributed by atoms with E-state index in [4.69, 9.17) is 4.74 Å². The Balaban J connectivity index is 1.58. The molecule has 1 saturated heterocycles. The summed E-state index contributed by atoms with van der Waals surface area (Å²) >= 11 is 1.71. The lowest BCUT2D eigenvalue weighted by atomic mass is 10.1. The van der Waals surface area contributed by atoms with Crippen LogP contribution < -0.4 is 14.5 Å². The largest absolute Gasteiger partial charge is 0.488 e. The summed E-state index contributed by atoms with van der Waals surface area (Å²) in [4.78, 5) is 8.33. The summed E-state index contributed by atoms with van der Waals surface area (Å²) < 4.78 is 7.13. The zero-order valence-corrected chi connectivity index (χ0v) is 13.7. The number of rotatable bonds is 5. The Bertz CT molecular complexity index is 590. The van der Waals surface area contributed by atoms with Crippen LogP contribution in [0.25, 0.3) is 10.2 Å². The molecule has 1 fully saturated rings. The van der Waals surface area contributed by atoms with Gasteiger partial charge in [-0.3, -0.25) is 0 Å². The number of fused-ring (bicyclic) bond motifs is 1. The predicted molar refractivity (Wildman–Crippen MR) is 88.9 cm³/mol. The average molecular weight is 306 g/mol. The molecule has 5 heteroatoms. The summed E-state index contributed by atoms with van der Waals surface area (Å²) in [5, 5.41) is 1.04. The third kappa shape index (κ3) is 3.66. The minimum Gasteiger partial charge on any atom is -0.488 e. The van der Waals surface area contributed by atoms with E-state index in [1.807, 2.05) is 25.1 Å². The first-order valence-electron chi connectivity index (χ1n) is 7.76. The summed E-state index contributed by atoms with van der Waals surface area (Å²) in [5.41, 5.74) is 1.05. The Kier molecular flexibility index (Phi) is 4.60. The minimum atomic E-state index is 0.806. The number of aromatic nitrogens is 1. The number of hydrogen-bond acceptors (Lipinski definition) is 4. The van der Waals surface area contributed by atoms with Crippen molar-refractivity contribution in [2.75, 3.05) is 45.2 Å². The van der Waals surface area contributed by atoms with E-state index in [0.29, 0.717) is 0 Å². The third-order valence-corrected chi connectivity index (χ3v) is 5.20. The van der Waals surface area contributed by atoms with Crippen molar-refractivity contribution >= 4 is 26.7 Å². The summed E-state index contributed by atoms with van der Waals surface area (Å²) in [7, 11) is 4.05. The van der Waals surface area contributed by atoms with Crippen LogP contribution in [0.1, 0.15) is 19.3 Å². The Labute approximate surface area is 130 Å². The first kappa shape index (κ1) is 14.6. The Morgan fingerprint density at radius 3 is 2.81 bits per heavy atom. The van der Waals surface area contributed by atoms with Crippen LogP contribution in [0, 0.1) is 0 Å². The van der Waals surface area contributed by atoms with Gasteiger partial charge in [0.05, 0.1) is 23.3 Å². The Morgan fingerprint density at radius 2 is 2.05 bits per heavy atom. The van der Waals surface area contributed by atoms with Gasteiger partial charge in [0.15, 0.2) is 5.13 Å². The van der Waals surface area contributed by atoms with Crippen molar-refractivity contribution < 1.29 is 9.64 Å². The molecule has 2 aromatic rings. The fourth-order valence-electron chi connectivity index (χ4n) is 2.79. The van der Waals surface area contributed by atoms with Crippen molar-refractivity contribution in [1.82, 2.24) is 4.98 Å². The molecule has 1 aromatic carbocycles. The quantitative estimate of drug-likeness (QED) is 0.914. The number of nitrogens with zero attached hydrogens (tertiary/aromatic N) is 2. The second-order valence-corrected chi connectivity index (χ2v) is 6.94. The molecule has 0 aliphatic carbocycles. The summed E-state index contributed by atoms with van der Waals surface area (Å²) in [5.74, 6) is 0.966. The second kappa shape index (κ2) is 6.62. The topological polar surface area (TPSA) is 29.8 Å². The highest BCUT2D eigenvalue weighted by atomic mass is 32.1. The molecule has 3 rings (SSSR count). The van der Waals surface area contributed by atoms with Crippen molar-refractivity contribution in [3.8, 4) is 5.75 Å². The van der Waals surface area contributed by atoms with E-state index in [0.717, 1.165) is 29.5 Å². The number of thiazole rings is 1. The first-order chi connectivity index (χ1) is 10.2.